The first-order valence-electron chi connectivity index (χ1n) is 13.7. The number of nitrogens with one attached hydrogen (secondary N) is 1. The van der Waals surface area contributed by atoms with Gasteiger partial charge in [-0.15, -0.1) is 0 Å². The van der Waals surface area contributed by atoms with Gasteiger partial charge in [0.15, 0.2) is 0 Å². The van der Waals surface area contributed by atoms with E-state index in [-0.39, 0.29) is 30.2 Å². The first-order valence-corrected chi connectivity index (χ1v) is 13.7. The number of benzene rings is 1. The Morgan fingerprint density at radius 2 is 1.77 bits per heavy atom. The van der Waals surface area contributed by atoms with Crippen molar-refractivity contribution in [3.8, 4) is 0 Å². The van der Waals surface area contributed by atoms with E-state index in [9.17, 15) is 14.4 Å². The van der Waals surface area contributed by atoms with E-state index >= 15 is 0 Å². The monoisotopic (exact) mass is 551 g/mol. The molecule has 0 spiro atoms. The van der Waals surface area contributed by atoms with Gasteiger partial charge < -0.3 is 14.7 Å². The van der Waals surface area contributed by atoms with Crippen molar-refractivity contribution >= 4 is 29.1 Å². The number of fused-ring (bicyclic) bond motifs is 1. The van der Waals surface area contributed by atoms with Crippen LogP contribution in [-0.2, 0) is 14.4 Å². The highest BCUT2D eigenvalue weighted by atomic mass is 16.6. The SMILES string of the molecule is C/C=C/C.C=C1N(CC(C)=O)C(CC)=C(N2CCN(C=O)CC2)C(=O)N1NC(c1ccc2nonc2c1)C(C)C. The van der Waals surface area contributed by atoms with Crippen molar-refractivity contribution in [2.24, 2.45) is 5.92 Å². The lowest BCUT2D eigenvalue weighted by atomic mass is 9.96. The molecule has 40 heavy (non-hydrogen) atoms. The van der Waals surface area contributed by atoms with Crippen LogP contribution in [0.4, 0.5) is 0 Å². The van der Waals surface area contributed by atoms with Crippen molar-refractivity contribution in [1.29, 1.82) is 0 Å². The van der Waals surface area contributed by atoms with Gasteiger partial charge in [-0.3, -0.25) is 14.4 Å². The van der Waals surface area contributed by atoms with E-state index in [1.807, 2.05) is 60.9 Å². The van der Waals surface area contributed by atoms with Gasteiger partial charge in [0.25, 0.3) is 5.91 Å². The molecular weight excluding hydrogens is 510 g/mol. The zero-order valence-corrected chi connectivity index (χ0v) is 24.4. The molecule has 1 fully saturated rings. The van der Waals surface area contributed by atoms with Crippen LogP contribution >= 0.6 is 0 Å². The molecule has 11 nitrogen and oxygen atoms in total. The maximum Gasteiger partial charge on any atom is 0.292 e. The minimum atomic E-state index is -0.262. The molecule has 2 aliphatic rings. The lowest BCUT2D eigenvalue weighted by Gasteiger charge is -2.46. The van der Waals surface area contributed by atoms with Crippen molar-refractivity contribution in [3.63, 3.8) is 0 Å². The Labute approximate surface area is 236 Å². The summed E-state index contributed by atoms with van der Waals surface area (Å²) < 4.78 is 4.84. The normalized spacial score (nSPS) is 17.2. The molecule has 1 N–H and O–H groups in total. The zero-order chi connectivity index (χ0) is 29.4. The van der Waals surface area contributed by atoms with Crippen LogP contribution < -0.4 is 5.43 Å². The van der Waals surface area contributed by atoms with Gasteiger partial charge >= 0.3 is 0 Å². The molecule has 1 aromatic heterocycles. The van der Waals surface area contributed by atoms with E-state index in [2.05, 4.69) is 36.2 Å². The summed E-state index contributed by atoms with van der Waals surface area (Å²) in [7, 11) is 0. The Morgan fingerprint density at radius 3 is 2.33 bits per heavy atom. The van der Waals surface area contributed by atoms with Crippen molar-refractivity contribution in [1.82, 2.24) is 35.4 Å². The van der Waals surface area contributed by atoms with E-state index in [0.717, 1.165) is 17.7 Å². The standard InChI is InChI=1S/C25H33N7O4.C4H8/c1-6-22-24(30-11-9-29(15-33)10-12-30)25(35)32(18(5)31(22)14-17(4)34)26-23(16(2)3)19-7-8-20-21(13-19)28-36-27-20;1-3-4-2/h7-8,13,15-16,23,26H,5-6,9-12,14H2,1-4H3;3-4H,1-2H3/b;4-3+. The van der Waals surface area contributed by atoms with Gasteiger partial charge in [0.1, 0.15) is 28.3 Å². The number of allylic oxidation sites excluding steroid dienone is 3. The van der Waals surface area contributed by atoms with Gasteiger partial charge in [-0.25, -0.2) is 15.1 Å². The summed E-state index contributed by atoms with van der Waals surface area (Å²) in [5.74, 6) is 0.231. The molecule has 1 aromatic carbocycles. The van der Waals surface area contributed by atoms with Crippen LogP contribution in [0.3, 0.4) is 0 Å². The summed E-state index contributed by atoms with van der Waals surface area (Å²) in [6.45, 7) is 18.0. The Hall–Kier alpha value is -3.99. The molecular formula is C29H41N7O4. The number of Topliss-reactive ketones (excluding diaryl/α,β-unsaturated/α-hetero) is 1. The molecule has 0 radical (unpaired) electrons. The average Bonchev–Trinajstić information content (AvgIpc) is 3.42. The highest BCUT2D eigenvalue weighted by Gasteiger charge is 2.39. The van der Waals surface area contributed by atoms with Crippen molar-refractivity contribution in [2.45, 2.75) is 54.0 Å². The maximum absolute atomic E-state index is 14.0. The fourth-order valence-electron chi connectivity index (χ4n) is 4.76. The summed E-state index contributed by atoms with van der Waals surface area (Å²) in [4.78, 5) is 43.0. The summed E-state index contributed by atoms with van der Waals surface area (Å²) in [6, 6.07) is 5.39. The molecule has 0 bridgehead atoms. The number of carbonyl (C=O) groups is 3. The van der Waals surface area contributed by atoms with Crippen LogP contribution in [0, 0.1) is 5.92 Å². The number of hydrogen-bond acceptors (Lipinski definition) is 9. The fourth-order valence-corrected chi connectivity index (χ4v) is 4.76. The third-order valence-corrected chi connectivity index (χ3v) is 6.97. The minimum Gasteiger partial charge on any atom is -0.362 e. The van der Waals surface area contributed by atoms with Crippen LogP contribution in [0.2, 0.25) is 0 Å². The third-order valence-electron chi connectivity index (χ3n) is 6.97. The molecule has 0 saturated carbocycles. The maximum atomic E-state index is 14.0. The Bertz CT molecular complexity index is 1270. The van der Waals surface area contributed by atoms with Crippen molar-refractivity contribution in [3.05, 3.63) is 59.7 Å². The number of amides is 2. The number of aromatic nitrogens is 2. The molecule has 1 atom stereocenters. The van der Waals surface area contributed by atoms with E-state index < -0.39 is 0 Å². The Morgan fingerprint density at radius 1 is 1.12 bits per heavy atom. The molecule has 2 aliphatic heterocycles. The zero-order valence-electron chi connectivity index (χ0n) is 24.4. The quantitative estimate of drug-likeness (QED) is 0.369. The Kier molecular flexibility index (Phi) is 10.6. The lowest BCUT2D eigenvalue weighted by molar-refractivity contribution is -0.135. The van der Waals surface area contributed by atoms with Gasteiger partial charge in [0.2, 0.25) is 6.41 Å². The highest BCUT2D eigenvalue weighted by molar-refractivity contribution is 5.96. The van der Waals surface area contributed by atoms with Crippen LogP contribution in [-0.4, -0.2) is 80.8 Å². The number of hydrazine groups is 1. The molecule has 0 aliphatic carbocycles. The van der Waals surface area contributed by atoms with Crippen molar-refractivity contribution < 1.29 is 19.0 Å². The number of nitrogens with zero attached hydrogens (tertiary/aromatic N) is 6. The van der Waals surface area contributed by atoms with E-state index in [0.29, 0.717) is 55.2 Å². The third kappa shape index (κ3) is 6.77. The average molecular weight is 552 g/mol. The molecule has 2 aromatic rings. The lowest BCUT2D eigenvalue weighted by Crippen LogP contribution is -2.57. The first-order chi connectivity index (χ1) is 19.2. The van der Waals surface area contributed by atoms with Gasteiger partial charge in [-0.05, 0) is 61.1 Å². The van der Waals surface area contributed by atoms with Crippen molar-refractivity contribution in [2.75, 3.05) is 32.7 Å². The predicted molar refractivity (Wildman–Crippen MR) is 153 cm³/mol. The highest BCUT2D eigenvalue weighted by Crippen LogP contribution is 2.33. The molecule has 1 unspecified atom stereocenters. The summed E-state index contributed by atoms with van der Waals surface area (Å²) in [6.07, 6.45) is 5.39. The second kappa shape index (κ2) is 13.9. The molecule has 3 heterocycles. The molecule has 1 saturated heterocycles. The number of hydrogen-bond donors (Lipinski definition) is 1. The fraction of sp³-hybridized carbons (Fsp3) is 0.483. The molecule has 11 heteroatoms. The minimum absolute atomic E-state index is 0.0362. The van der Waals surface area contributed by atoms with Crippen LogP contribution in [0.5, 0.6) is 0 Å². The second-order valence-electron chi connectivity index (χ2n) is 10.2. The number of carbonyl (C=O) groups excluding carboxylic acids is 3. The van der Waals surface area contributed by atoms with Gasteiger partial charge in [-0.2, -0.15) is 0 Å². The van der Waals surface area contributed by atoms with Crippen LogP contribution in [0.25, 0.3) is 11.0 Å². The van der Waals surface area contributed by atoms with Gasteiger partial charge in [0.05, 0.1) is 12.6 Å². The predicted octanol–water partition coefficient (Wildman–Crippen LogP) is 3.61. The number of ketones is 1. The topological polar surface area (TPSA) is 115 Å². The Balaban J connectivity index is 0.00000103. The number of rotatable bonds is 9. The van der Waals surface area contributed by atoms with Gasteiger partial charge in [-0.1, -0.05) is 45.6 Å². The molecule has 216 valence electrons. The molecule has 4 rings (SSSR count). The first kappa shape index (κ1) is 30.6. The van der Waals surface area contributed by atoms with E-state index in [1.165, 1.54) is 11.9 Å². The van der Waals surface area contributed by atoms with E-state index in [4.69, 9.17) is 4.63 Å². The van der Waals surface area contributed by atoms with Crippen LogP contribution in [0.15, 0.2) is 58.8 Å². The van der Waals surface area contributed by atoms with E-state index in [1.54, 1.807) is 4.90 Å². The summed E-state index contributed by atoms with van der Waals surface area (Å²) in [5, 5.41) is 9.28. The molecule has 2 amide bonds. The smallest absolute Gasteiger partial charge is 0.292 e. The van der Waals surface area contributed by atoms with Crippen LogP contribution in [0.1, 0.15) is 59.6 Å². The second-order valence-corrected chi connectivity index (χ2v) is 10.2. The van der Waals surface area contributed by atoms with Gasteiger partial charge in [0, 0.05) is 31.9 Å². The summed E-state index contributed by atoms with van der Waals surface area (Å²) in [5.41, 5.74) is 6.87. The largest absolute Gasteiger partial charge is 0.362 e. The summed E-state index contributed by atoms with van der Waals surface area (Å²) >= 11 is 0. The number of piperazine rings is 1.